The van der Waals surface area contributed by atoms with Gasteiger partial charge in [-0.15, -0.1) is 0 Å². The Hall–Kier alpha value is 0. The van der Waals surface area contributed by atoms with Gasteiger partial charge in [0.15, 0.2) is 0 Å². The van der Waals surface area contributed by atoms with Gasteiger partial charge in [-0.1, -0.05) is 6.92 Å². The molecule has 23 aliphatic rings. The van der Waals surface area contributed by atoms with Crippen molar-refractivity contribution >= 4 is 0 Å². The lowest BCUT2D eigenvalue weighted by Crippen LogP contribution is -3.56. The third-order valence-corrected chi connectivity index (χ3v) is 28.9. The SMILES string of the molecule is CC12C3CC4C5CC6C7C8C9C%10CC%11C%12C%13CC%14C%15C%16C3C13C%161C%15%16C%13%14C%12%13C%11%10C9%10C89C78C56C42C38C19C%13%16%10. The third kappa shape index (κ3) is 0.287. The Morgan fingerprint density at radius 2 is 0.829 bits per heavy atom. The van der Waals surface area contributed by atoms with E-state index in [9.17, 15) is 0 Å². The van der Waals surface area contributed by atoms with Gasteiger partial charge in [-0.3, -0.25) is 0 Å². The van der Waals surface area contributed by atoms with Gasteiger partial charge < -0.3 is 0 Å². The predicted molar refractivity (Wildman–Crippen MR) is 113 cm³/mol. The van der Waals surface area contributed by atoms with Crippen LogP contribution in [0.5, 0.6) is 0 Å². The molecule has 0 saturated heterocycles. The van der Waals surface area contributed by atoms with Gasteiger partial charge in [0.1, 0.15) is 0 Å². The Bertz CT molecular complexity index is 1970. The van der Waals surface area contributed by atoms with E-state index in [-0.39, 0.29) is 0 Å². The lowest BCUT2D eigenvalue weighted by molar-refractivity contribution is -1.13. The summed E-state index contributed by atoms with van der Waals surface area (Å²) >= 11 is 0. The van der Waals surface area contributed by atoms with E-state index >= 15 is 0 Å². The van der Waals surface area contributed by atoms with E-state index in [1.54, 1.807) is 19.3 Å². The lowest BCUT2D eigenvalue weighted by atomic mass is 8.45. The first-order chi connectivity index (χ1) is 17.3. The van der Waals surface area contributed by atoms with E-state index < -0.39 is 0 Å². The quantitative estimate of drug-likeness (QED) is 0.529. The molecule has 0 aromatic rings. The molecule has 0 heterocycles. The fraction of sp³-hybridized carbons (Fsp3) is 1.00. The molecule has 0 nitrogen and oxygen atoms in total. The van der Waals surface area contributed by atoms with Gasteiger partial charge in [0.25, 0.3) is 0 Å². The van der Waals surface area contributed by atoms with Crippen molar-refractivity contribution in [3.05, 3.63) is 0 Å². The van der Waals surface area contributed by atoms with Gasteiger partial charge in [0, 0.05) is 0 Å². The molecule has 166 valence electrons. The number of hydrogen-bond donors (Lipinski definition) is 0. The van der Waals surface area contributed by atoms with Gasteiger partial charge in [0.2, 0.25) is 0 Å². The molecule has 30 unspecified atom stereocenters. The standard InChI is InChI=1S/C35H26/c1-21-8-3-7-6-2-11-16-20-18-13-5-10-14-9-4-12-17-19-15(8)26(21)31(19)29(17)23(9,12)27(14)24(10,13)30(18)32(20)28(16)22(6,11)25(7,21)33(26,28)35(31,32)34(27,29)30/h6-20H,2-5H2,1H3. The number of fused-ring (bicyclic) bond motifs is 11. The molecule has 23 fully saturated rings. The summed E-state index contributed by atoms with van der Waals surface area (Å²) in [4.78, 5) is 0. The van der Waals surface area contributed by atoms with Crippen LogP contribution in [0.1, 0.15) is 32.6 Å². The zero-order valence-electron chi connectivity index (χ0n) is 20.0. The summed E-state index contributed by atoms with van der Waals surface area (Å²) in [5, 5.41) is 0. The van der Waals surface area contributed by atoms with Crippen molar-refractivity contribution in [3.63, 3.8) is 0 Å². The van der Waals surface area contributed by atoms with Crippen LogP contribution in [0.25, 0.3) is 0 Å². The molecule has 23 rings (SSSR count). The molecule has 0 bridgehead atoms. The Labute approximate surface area is 202 Å². The second-order valence-corrected chi connectivity index (χ2v) is 22.0. The lowest BCUT2D eigenvalue weighted by Gasteiger charge is -3.57. The van der Waals surface area contributed by atoms with E-state index in [4.69, 9.17) is 0 Å². The molecule has 0 radical (unpaired) electrons. The van der Waals surface area contributed by atoms with Crippen molar-refractivity contribution < 1.29 is 0 Å². The number of hydrogen-bond acceptors (Lipinski definition) is 0. The molecule has 0 amide bonds. The summed E-state index contributed by atoms with van der Waals surface area (Å²) < 4.78 is 0. The van der Waals surface area contributed by atoms with Crippen LogP contribution in [0, 0.1) is 170 Å². The largest absolute Gasteiger partial charge is 0.0582 e. The maximum atomic E-state index is 3.10. The van der Waals surface area contributed by atoms with Crippen molar-refractivity contribution in [1.29, 1.82) is 0 Å². The highest BCUT2D eigenvalue weighted by Crippen LogP contribution is 3.60. The van der Waals surface area contributed by atoms with E-state index in [2.05, 4.69) is 6.92 Å². The highest BCUT2D eigenvalue weighted by molar-refractivity contribution is 6.03. The van der Waals surface area contributed by atoms with Crippen molar-refractivity contribution in [2.75, 3.05) is 0 Å². The van der Waals surface area contributed by atoms with Crippen LogP contribution >= 0.6 is 0 Å². The average molecular weight is 447 g/mol. The molecule has 23 aliphatic carbocycles. The molecule has 0 heteroatoms. The molecular weight excluding hydrogens is 420 g/mol. The topological polar surface area (TPSA) is 0 Å². The van der Waals surface area contributed by atoms with Crippen molar-refractivity contribution in [2.24, 2.45) is 170 Å². The van der Waals surface area contributed by atoms with E-state index in [1.165, 1.54) is 88.8 Å². The average Bonchev–Trinajstić information content (AvgIpc) is 2.87. The summed E-state index contributed by atoms with van der Waals surface area (Å²) in [6.45, 7) is 3.10. The second kappa shape index (κ2) is 1.92. The molecule has 30 atom stereocenters. The van der Waals surface area contributed by atoms with Gasteiger partial charge in [-0.05, 0) is 196 Å². The summed E-state index contributed by atoms with van der Waals surface area (Å²) in [7, 11) is 0. The maximum Gasteiger partial charge on any atom is -0.000741 e. The minimum Gasteiger partial charge on any atom is -0.0582 e. The van der Waals surface area contributed by atoms with Crippen LogP contribution in [-0.4, -0.2) is 0 Å². The monoisotopic (exact) mass is 446 g/mol. The van der Waals surface area contributed by atoms with Gasteiger partial charge in [-0.25, -0.2) is 0 Å². The van der Waals surface area contributed by atoms with Crippen LogP contribution < -0.4 is 0 Å². The fourth-order valence-electron chi connectivity index (χ4n) is 35.8. The van der Waals surface area contributed by atoms with Crippen LogP contribution in [0.3, 0.4) is 0 Å². The predicted octanol–water partition coefficient (Wildman–Crippen LogP) is 3.92. The van der Waals surface area contributed by atoms with E-state index in [1.807, 2.05) is 6.42 Å². The first-order valence-electron chi connectivity index (χ1n) is 17.3. The molecule has 0 N–H and O–H groups in total. The molecule has 14 spiro atoms. The summed E-state index contributed by atoms with van der Waals surface area (Å²) in [6.07, 6.45) is 7.20. The Kier molecular flexibility index (Phi) is 0.682. The van der Waals surface area contributed by atoms with Crippen LogP contribution in [0.15, 0.2) is 0 Å². The fourth-order valence-corrected chi connectivity index (χ4v) is 35.8. The molecule has 0 aromatic heterocycles. The maximum absolute atomic E-state index is 3.10. The van der Waals surface area contributed by atoms with Crippen LogP contribution in [0.2, 0.25) is 0 Å². The first kappa shape index (κ1) is 12.5. The summed E-state index contributed by atoms with van der Waals surface area (Å²) in [5.74, 6) is 20.2. The molecule has 23 saturated carbocycles. The van der Waals surface area contributed by atoms with Crippen molar-refractivity contribution in [3.8, 4) is 0 Å². The Morgan fingerprint density at radius 3 is 1.51 bits per heavy atom. The normalized spacial score (nSPS) is 131. The zero-order valence-corrected chi connectivity index (χ0v) is 20.0. The van der Waals surface area contributed by atoms with Gasteiger partial charge in [-0.2, -0.15) is 0 Å². The molecule has 0 aromatic carbocycles. The summed E-state index contributed by atoms with van der Waals surface area (Å²) in [5.41, 5.74) is 16.2. The van der Waals surface area contributed by atoms with Gasteiger partial charge >= 0.3 is 0 Å². The Morgan fingerprint density at radius 1 is 0.343 bits per heavy atom. The van der Waals surface area contributed by atoms with E-state index in [0.717, 1.165) is 81.2 Å². The van der Waals surface area contributed by atoms with Crippen LogP contribution in [-0.2, 0) is 0 Å². The smallest absolute Gasteiger partial charge is 0.000741 e. The molecule has 35 heavy (non-hydrogen) atoms. The molecular formula is C35H26. The third-order valence-electron chi connectivity index (χ3n) is 28.9. The summed E-state index contributed by atoms with van der Waals surface area (Å²) in [6, 6.07) is 0. The van der Waals surface area contributed by atoms with Crippen molar-refractivity contribution in [1.82, 2.24) is 0 Å². The number of rotatable bonds is 0. The highest BCUT2D eigenvalue weighted by atomic mass is 15.6. The van der Waals surface area contributed by atoms with E-state index in [0.29, 0.717) is 0 Å². The minimum absolute atomic E-state index is 0.942. The molecule has 0 aliphatic heterocycles. The zero-order chi connectivity index (χ0) is 20.0. The van der Waals surface area contributed by atoms with Crippen molar-refractivity contribution in [2.45, 2.75) is 32.6 Å². The Balaban J connectivity index is 1.06. The first-order valence-corrected chi connectivity index (χ1v) is 17.3. The van der Waals surface area contributed by atoms with Crippen LogP contribution in [0.4, 0.5) is 0 Å². The van der Waals surface area contributed by atoms with Gasteiger partial charge in [0.05, 0.1) is 0 Å². The highest BCUT2D eigenvalue weighted by Gasteiger charge is 3.58. The second-order valence-electron chi connectivity index (χ2n) is 22.0. The minimum atomic E-state index is 0.942.